The van der Waals surface area contributed by atoms with Crippen LogP contribution in [-0.2, 0) is 24.2 Å². The molecule has 7 heteroatoms. The topological polar surface area (TPSA) is 76.6 Å². The number of carbonyl (C=O) groups excluding carboxylic acids is 1. The number of ether oxygens (including phenoxy) is 2. The van der Waals surface area contributed by atoms with Gasteiger partial charge in [0.2, 0.25) is 5.91 Å². The van der Waals surface area contributed by atoms with Crippen molar-refractivity contribution >= 4 is 5.91 Å². The molecule has 3 heterocycles. The average Bonchev–Trinajstić information content (AvgIpc) is 2.78. The smallest absolute Gasteiger partial charge is 0.227 e. The van der Waals surface area contributed by atoms with E-state index >= 15 is 0 Å². The lowest BCUT2D eigenvalue weighted by atomic mass is 9.99. The summed E-state index contributed by atoms with van der Waals surface area (Å²) in [6, 6.07) is 5.59. The lowest BCUT2D eigenvalue weighted by Crippen LogP contribution is -2.40. The highest BCUT2D eigenvalue weighted by Crippen LogP contribution is 2.31. The Morgan fingerprint density at radius 3 is 2.93 bits per heavy atom. The van der Waals surface area contributed by atoms with Crippen LogP contribution in [0, 0.1) is 0 Å². The van der Waals surface area contributed by atoms with Crippen molar-refractivity contribution in [3.05, 3.63) is 47.0 Å². The van der Waals surface area contributed by atoms with E-state index < -0.39 is 0 Å². The Morgan fingerprint density at radius 2 is 2.10 bits per heavy atom. The van der Waals surface area contributed by atoms with Gasteiger partial charge >= 0.3 is 0 Å². The number of piperidine rings is 1. The van der Waals surface area contributed by atoms with Gasteiger partial charge in [-0.1, -0.05) is 6.07 Å². The van der Waals surface area contributed by atoms with Crippen molar-refractivity contribution in [2.45, 2.75) is 44.7 Å². The molecule has 7 nitrogen and oxygen atoms in total. The van der Waals surface area contributed by atoms with Crippen LogP contribution in [0.1, 0.15) is 47.9 Å². The van der Waals surface area contributed by atoms with Gasteiger partial charge in [-0.2, -0.15) is 0 Å². The molecule has 154 valence electrons. The van der Waals surface area contributed by atoms with Gasteiger partial charge in [-0.3, -0.25) is 4.79 Å². The Labute approximate surface area is 171 Å². The number of nitrogens with zero attached hydrogens (tertiary/aromatic N) is 3. The molecule has 1 aromatic heterocycles. The minimum Gasteiger partial charge on any atom is -0.493 e. The van der Waals surface area contributed by atoms with E-state index in [9.17, 15) is 4.79 Å². The zero-order valence-electron chi connectivity index (χ0n) is 17.1. The molecule has 0 saturated carbocycles. The maximum atomic E-state index is 13.2. The van der Waals surface area contributed by atoms with Crippen LogP contribution in [0.2, 0.25) is 0 Å². The molecule has 1 unspecified atom stereocenters. The largest absolute Gasteiger partial charge is 0.493 e. The van der Waals surface area contributed by atoms with Crippen LogP contribution in [0.25, 0.3) is 0 Å². The first-order valence-electron chi connectivity index (χ1n) is 10.3. The summed E-state index contributed by atoms with van der Waals surface area (Å²) < 4.78 is 10.7. The second-order valence-corrected chi connectivity index (χ2v) is 7.59. The Morgan fingerprint density at radius 1 is 1.24 bits per heavy atom. The summed E-state index contributed by atoms with van der Waals surface area (Å²) in [6.07, 6.45) is 6.18. The molecule has 2 aromatic rings. The molecule has 1 saturated heterocycles. The zero-order chi connectivity index (χ0) is 20.2. The highest BCUT2D eigenvalue weighted by Gasteiger charge is 2.30. The summed E-state index contributed by atoms with van der Waals surface area (Å²) in [7, 11) is 3.21. The Bertz CT molecular complexity index is 886. The van der Waals surface area contributed by atoms with Crippen molar-refractivity contribution in [3.8, 4) is 11.5 Å². The van der Waals surface area contributed by atoms with Crippen LogP contribution in [0.3, 0.4) is 0 Å². The van der Waals surface area contributed by atoms with E-state index in [1.807, 2.05) is 29.3 Å². The molecule has 1 N–H and O–H groups in total. The number of carbonyl (C=O) groups is 1. The van der Waals surface area contributed by atoms with Crippen LogP contribution < -0.4 is 14.8 Å². The predicted octanol–water partition coefficient (Wildman–Crippen LogP) is 2.44. The molecule has 1 fully saturated rings. The molecule has 0 bridgehead atoms. The third-order valence-corrected chi connectivity index (χ3v) is 5.75. The van der Waals surface area contributed by atoms with E-state index in [-0.39, 0.29) is 11.9 Å². The molecule has 0 aliphatic carbocycles. The summed E-state index contributed by atoms with van der Waals surface area (Å²) in [5.41, 5.74) is 3.19. The van der Waals surface area contributed by atoms with Crippen molar-refractivity contribution in [1.82, 2.24) is 20.2 Å². The number of aromatic nitrogens is 2. The zero-order valence-corrected chi connectivity index (χ0v) is 17.1. The van der Waals surface area contributed by atoms with E-state index in [4.69, 9.17) is 14.5 Å². The predicted molar refractivity (Wildman–Crippen MR) is 109 cm³/mol. The van der Waals surface area contributed by atoms with E-state index in [0.29, 0.717) is 17.9 Å². The monoisotopic (exact) mass is 396 g/mol. The molecule has 2 aliphatic heterocycles. The minimum absolute atomic E-state index is 0.0448. The molecule has 1 atom stereocenters. The Balaban J connectivity index is 1.53. The van der Waals surface area contributed by atoms with E-state index in [1.165, 1.54) is 5.56 Å². The van der Waals surface area contributed by atoms with Gasteiger partial charge in [-0.25, -0.2) is 9.97 Å². The molecule has 1 aromatic carbocycles. The summed E-state index contributed by atoms with van der Waals surface area (Å²) in [5, 5.41) is 3.35. The first-order chi connectivity index (χ1) is 14.2. The average molecular weight is 396 g/mol. The van der Waals surface area contributed by atoms with Gasteiger partial charge in [0.15, 0.2) is 17.3 Å². The van der Waals surface area contributed by atoms with Gasteiger partial charge in [0.05, 0.1) is 26.7 Å². The van der Waals surface area contributed by atoms with Gasteiger partial charge in [0.25, 0.3) is 0 Å². The molecule has 29 heavy (non-hydrogen) atoms. The van der Waals surface area contributed by atoms with Gasteiger partial charge in [0.1, 0.15) is 0 Å². The Kier molecular flexibility index (Phi) is 5.94. The summed E-state index contributed by atoms with van der Waals surface area (Å²) in [5.74, 6) is 2.19. The van der Waals surface area contributed by atoms with Gasteiger partial charge in [0, 0.05) is 43.5 Å². The summed E-state index contributed by atoms with van der Waals surface area (Å²) >= 11 is 0. The van der Waals surface area contributed by atoms with Crippen LogP contribution >= 0.6 is 0 Å². The molecule has 1 amide bonds. The van der Waals surface area contributed by atoms with Crippen LogP contribution in [-0.4, -0.2) is 48.1 Å². The fourth-order valence-electron chi connectivity index (χ4n) is 4.18. The molecule has 0 radical (unpaired) electrons. The molecule has 4 rings (SSSR count). The molecular weight excluding hydrogens is 368 g/mol. The van der Waals surface area contributed by atoms with Crippen molar-refractivity contribution < 1.29 is 14.3 Å². The number of hydrogen-bond acceptors (Lipinski definition) is 6. The highest BCUT2D eigenvalue weighted by molar-refractivity contribution is 5.79. The molecule has 0 spiro atoms. The SMILES string of the molecule is COc1ccc(CC(=O)N2CCCCC2c2ncc3c(n2)CCNC3)cc1OC. The standard InChI is InChI=1S/C22H28N4O3/c1-28-19-7-6-15(11-20(19)29-2)12-21(27)26-10-4-3-5-18(26)22-24-14-16-13-23-9-8-17(16)25-22/h6-7,11,14,18,23H,3-5,8-10,12-13H2,1-2H3. The minimum atomic E-state index is -0.0448. The third kappa shape index (κ3) is 4.19. The molecular formula is C22H28N4O3. The number of methoxy groups -OCH3 is 2. The number of likely N-dealkylation sites (tertiary alicyclic amines) is 1. The van der Waals surface area contributed by atoms with E-state index in [2.05, 4.69) is 10.3 Å². The normalized spacial score (nSPS) is 18.8. The molecule has 2 aliphatic rings. The second kappa shape index (κ2) is 8.78. The number of benzene rings is 1. The first-order valence-corrected chi connectivity index (χ1v) is 10.3. The summed E-state index contributed by atoms with van der Waals surface area (Å²) in [4.78, 5) is 24.6. The number of rotatable bonds is 5. The number of hydrogen-bond donors (Lipinski definition) is 1. The van der Waals surface area contributed by atoms with Gasteiger partial charge in [-0.15, -0.1) is 0 Å². The maximum absolute atomic E-state index is 13.2. The number of fused-ring (bicyclic) bond motifs is 1. The van der Waals surface area contributed by atoms with E-state index in [1.54, 1.807) is 14.2 Å². The Hall–Kier alpha value is -2.67. The van der Waals surface area contributed by atoms with Crippen molar-refractivity contribution in [2.24, 2.45) is 0 Å². The second-order valence-electron chi connectivity index (χ2n) is 7.59. The van der Waals surface area contributed by atoms with Crippen molar-refractivity contribution in [2.75, 3.05) is 27.3 Å². The van der Waals surface area contributed by atoms with E-state index in [0.717, 1.165) is 62.4 Å². The lowest BCUT2D eigenvalue weighted by Gasteiger charge is -2.35. The van der Waals surface area contributed by atoms with Crippen molar-refractivity contribution in [1.29, 1.82) is 0 Å². The summed E-state index contributed by atoms with van der Waals surface area (Å²) in [6.45, 7) is 2.51. The van der Waals surface area contributed by atoms with Gasteiger partial charge < -0.3 is 19.7 Å². The first kappa shape index (κ1) is 19.6. The number of nitrogens with one attached hydrogen (secondary N) is 1. The van der Waals surface area contributed by atoms with Crippen LogP contribution in [0.15, 0.2) is 24.4 Å². The van der Waals surface area contributed by atoms with Crippen LogP contribution in [0.4, 0.5) is 0 Å². The lowest BCUT2D eigenvalue weighted by molar-refractivity contribution is -0.134. The maximum Gasteiger partial charge on any atom is 0.227 e. The quantitative estimate of drug-likeness (QED) is 0.837. The van der Waals surface area contributed by atoms with Gasteiger partial charge in [-0.05, 0) is 37.0 Å². The highest BCUT2D eigenvalue weighted by atomic mass is 16.5. The van der Waals surface area contributed by atoms with Crippen molar-refractivity contribution in [3.63, 3.8) is 0 Å². The fourth-order valence-corrected chi connectivity index (χ4v) is 4.18. The van der Waals surface area contributed by atoms with Crippen LogP contribution in [0.5, 0.6) is 11.5 Å². The third-order valence-electron chi connectivity index (χ3n) is 5.75. The fraction of sp³-hybridized carbons (Fsp3) is 0.500. The number of amides is 1.